The Morgan fingerprint density at radius 1 is 1.20 bits per heavy atom. The van der Waals surface area contributed by atoms with Crippen molar-refractivity contribution in [3.8, 4) is 11.3 Å². The van der Waals surface area contributed by atoms with Crippen molar-refractivity contribution in [2.45, 2.75) is 18.9 Å². The SMILES string of the molecule is O=C(O)N1CCC(n2cncc2-c2ccccc2)CC1. The third kappa shape index (κ3) is 2.39. The molecule has 1 aromatic carbocycles. The smallest absolute Gasteiger partial charge is 0.407 e. The highest BCUT2D eigenvalue weighted by molar-refractivity contribution is 5.65. The van der Waals surface area contributed by atoms with Crippen molar-refractivity contribution in [1.82, 2.24) is 14.5 Å². The summed E-state index contributed by atoms with van der Waals surface area (Å²) in [4.78, 5) is 16.7. The quantitative estimate of drug-likeness (QED) is 0.913. The number of carboxylic acid groups (broad SMARTS) is 1. The molecule has 1 aliphatic heterocycles. The Hall–Kier alpha value is -2.30. The molecule has 0 bridgehead atoms. The number of hydrogen-bond acceptors (Lipinski definition) is 2. The highest BCUT2D eigenvalue weighted by atomic mass is 16.4. The zero-order valence-electron chi connectivity index (χ0n) is 11.1. The summed E-state index contributed by atoms with van der Waals surface area (Å²) in [5, 5.41) is 8.99. The van der Waals surface area contributed by atoms with E-state index in [4.69, 9.17) is 5.11 Å². The van der Waals surface area contributed by atoms with Crippen molar-refractivity contribution in [3.63, 3.8) is 0 Å². The molecule has 1 saturated heterocycles. The van der Waals surface area contributed by atoms with Crippen LogP contribution in [0.1, 0.15) is 18.9 Å². The molecule has 0 atom stereocenters. The fourth-order valence-electron chi connectivity index (χ4n) is 2.76. The van der Waals surface area contributed by atoms with Crippen LogP contribution in [0.2, 0.25) is 0 Å². The van der Waals surface area contributed by atoms with E-state index in [1.54, 1.807) is 0 Å². The molecule has 1 aromatic heterocycles. The van der Waals surface area contributed by atoms with Gasteiger partial charge in [-0.1, -0.05) is 30.3 Å². The lowest BCUT2D eigenvalue weighted by atomic mass is 10.0. The molecule has 2 aromatic rings. The van der Waals surface area contributed by atoms with Gasteiger partial charge in [-0.05, 0) is 18.4 Å². The Kier molecular flexibility index (Phi) is 3.41. The molecule has 1 aliphatic rings. The van der Waals surface area contributed by atoms with E-state index in [0.29, 0.717) is 19.1 Å². The summed E-state index contributed by atoms with van der Waals surface area (Å²) in [5.74, 6) is 0. The van der Waals surface area contributed by atoms with E-state index in [2.05, 4.69) is 21.7 Å². The molecule has 0 saturated carbocycles. The van der Waals surface area contributed by atoms with Gasteiger partial charge in [0.05, 0.1) is 18.2 Å². The van der Waals surface area contributed by atoms with Crippen LogP contribution in [-0.2, 0) is 0 Å². The van der Waals surface area contributed by atoms with E-state index in [1.807, 2.05) is 30.7 Å². The molecule has 2 heterocycles. The number of piperidine rings is 1. The van der Waals surface area contributed by atoms with Gasteiger partial charge in [0.2, 0.25) is 0 Å². The minimum Gasteiger partial charge on any atom is -0.465 e. The number of hydrogen-bond donors (Lipinski definition) is 1. The van der Waals surface area contributed by atoms with Crippen LogP contribution >= 0.6 is 0 Å². The van der Waals surface area contributed by atoms with Crippen LogP contribution in [0.25, 0.3) is 11.3 Å². The Labute approximate surface area is 117 Å². The predicted molar refractivity (Wildman–Crippen MR) is 75.5 cm³/mol. The molecule has 104 valence electrons. The second-order valence-corrected chi connectivity index (χ2v) is 5.05. The largest absolute Gasteiger partial charge is 0.465 e. The van der Waals surface area contributed by atoms with Crippen molar-refractivity contribution in [2.75, 3.05) is 13.1 Å². The van der Waals surface area contributed by atoms with Crippen LogP contribution in [0.15, 0.2) is 42.9 Å². The number of benzene rings is 1. The fraction of sp³-hybridized carbons (Fsp3) is 0.333. The number of aromatic nitrogens is 2. The number of rotatable bonds is 2. The van der Waals surface area contributed by atoms with Crippen LogP contribution in [0.5, 0.6) is 0 Å². The summed E-state index contributed by atoms with van der Waals surface area (Å²) in [6, 6.07) is 10.5. The Bertz CT molecular complexity index is 586. The topological polar surface area (TPSA) is 58.4 Å². The van der Waals surface area contributed by atoms with Gasteiger partial charge in [0.1, 0.15) is 0 Å². The van der Waals surface area contributed by atoms with Crippen LogP contribution in [0, 0.1) is 0 Å². The first-order valence-electron chi connectivity index (χ1n) is 6.81. The summed E-state index contributed by atoms with van der Waals surface area (Å²) in [5.41, 5.74) is 2.24. The van der Waals surface area contributed by atoms with Crippen molar-refractivity contribution >= 4 is 6.09 Å². The molecule has 1 amide bonds. The zero-order chi connectivity index (χ0) is 13.9. The van der Waals surface area contributed by atoms with Crippen molar-refractivity contribution < 1.29 is 9.90 Å². The maximum atomic E-state index is 10.9. The Morgan fingerprint density at radius 2 is 1.90 bits per heavy atom. The molecule has 3 rings (SSSR count). The maximum absolute atomic E-state index is 10.9. The lowest BCUT2D eigenvalue weighted by molar-refractivity contribution is 0.126. The number of imidazole rings is 1. The molecular formula is C15H17N3O2. The van der Waals surface area contributed by atoms with Crippen molar-refractivity contribution in [3.05, 3.63) is 42.9 Å². The second-order valence-electron chi connectivity index (χ2n) is 5.05. The highest BCUT2D eigenvalue weighted by Crippen LogP contribution is 2.28. The molecule has 0 spiro atoms. The van der Waals surface area contributed by atoms with Gasteiger partial charge in [-0.15, -0.1) is 0 Å². The monoisotopic (exact) mass is 271 g/mol. The van der Waals surface area contributed by atoms with Crippen LogP contribution < -0.4 is 0 Å². The fourth-order valence-corrected chi connectivity index (χ4v) is 2.76. The molecule has 0 radical (unpaired) electrons. The van der Waals surface area contributed by atoms with Gasteiger partial charge in [0, 0.05) is 19.1 Å². The molecular weight excluding hydrogens is 254 g/mol. The van der Waals surface area contributed by atoms with Gasteiger partial charge >= 0.3 is 6.09 Å². The summed E-state index contributed by atoms with van der Waals surface area (Å²) < 4.78 is 2.18. The van der Waals surface area contributed by atoms with Gasteiger partial charge in [-0.25, -0.2) is 9.78 Å². The average Bonchev–Trinajstić information content (AvgIpc) is 2.97. The lowest BCUT2D eigenvalue weighted by Crippen LogP contribution is -2.38. The number of nitrogens with zero attached hydrogens (tertiary/aromatic N) is 3. The molecule has 0 aliphatic carbocycles. The number of amides is 1. The minimum absolute atomic E-state index is 0.323. The summed E-state index contributed by atoms with van der Waals surface area (Å²) in [7, 11) is 0. The normalized spacial score (nSPS) is 16.3. The van der Waals surface area contributed by atoms with E-state index in [0.717, 1.165) is 24.1 Å². The highest BCUT2D eigenvalue weighted by Gasteiger charge is 2.24. The summed E-state index contributed by atoms with van der Waals surface area (Å²) in [6.45, 7) is 1.18. The first-order valence-corrected chi connectivity index (χ1v) is 6.81. The van der Waals surface area contributed by atoms with Gasteiger partial charge in [-0.2, -0.15) is 0 Å². The van der Waals surface area contributed by atoms with Crippen LogP contribution in [-0.4, -0.2) is 38.7 Å². The van der Waals surface area contributed by atoms with E-state index >= 15 is 0 Å². The predicted octanol–water partition coefficient (Wildman–Crippen LogP) is 2.87. The van der Waals surface area contributed by atoms with Gasteiger partial charge < -0.3 is 14.6 Å². The van der Waals surface area contributed by atoms with Crippen molar-refractivity contribution in [1.29, 1.82) is 0 Å². The standard InChI is InChI=1S/C15H17N3O2/c19-15(20)17-8-6-13(7-9-17)18-11-16-10-14(18)12-4-2-1-3-5-12/h1-5,10-11,13H,6-9H2,(H,19,20). The number of likely N-dealkylation sites (tertiary alicyclic amines) is 1. The van der Waals surface area contributed by atoms with E-state index in [-0.39, 0.29) is 0 Å². The number of carbonyl (C=O) groups is 1. The van der Waals surface area contributed by atoms with E-state index < -0.39 is 6.09 Å². The first kappa shape index (κ1) is 12.7. The second kappa shape index (κ2) is 5.36. The van der Waals surface area contributed by atoms with Gasteiger partial charge in [0.15, 0.2) is 0 Å². The average molecular weight is 271 g/mol. The molecule has 20 heavy (non-hydrogen) atoms. The lowest BCUT2D eigenvalue weighted by Gasteiger charge is -2.31. The van der Waals surface area contributed by atoms with Gasteiger partial charge in [0.25, 0.3) is 0 Å². The zero-order valence-corrected chi connectivity index (χ0v) is 11.1. The Morgan fingerprint density at radius 3 is 2.55 bits per heavy atom. The maximum Gasteiger partial charge on any atom is 0.407 e. The third-order valence-corrected chi connectivity index (χ3v) is 3.86. The van der Waals surface area contributed by atoms with Crippen molar-refractivity contribution in [2.24, 2.45) is 0 Å². The minimum atomic E-state index is -0.822. The molecule has 1 fully saturated rings. The molecule has 5 heteroatoms. The van der Waals surface area contributed by atoms with E-state index in [9.17, 15) is 4.79 Å². The first-order chi connectivity index (χ1) is 9.75. The molecule has 5 nitrogen and oxygen atoms in total. The molecule has 0 unspecified atom stereocenters. The van der Waals surface area contributed by atoms with Crippen LogP contribution in [0.4, 0.5) is 4.79 Å². The molecule has 1 N–H and O–H groups in total. The van der Waals surface area contributed by atoms with Crippen LogP contribution in [0.3, 0.4) is 0 Å². The van der Waals surface area contributed by atoms with Gasteiger partial charge in [-0.3, -0.25) is 0 Å². The Balaban J connectivity index is 1.80. The summed E-state index contributed by atoms with van der Waals surface area (Å²) >= 11 is 0. The van der Waals surface area contributed by atoms with E-state index in [1.165, 1.54) is 4.90 Å². The third-order valence-electron chi connectivity index (χ3n) is 3.86. The summed E-state index contributed by atoms with van der Waals surface area (Å²) in [6.07, 6.45) is 4.57.